The molecule has 1 heterocycles. The fourth-order valence-corrected chi connectivity index (χ4v) is 3.17. The quantitative estimate of drug-likeness (QED) is 0.413. The maximum Gasteiger partial charge on any atom is 0.165 e. The van der Waals surface area contributed by atoms with Crippen LogP contribution in [-0.2, 0) is 13.0 Å². The highest BCUT2D eigenvalue weighted by Crippen LogP contribution is 2.25. The highest BCUT2D eigenvalue weighted by molar-refractivity contribution is 5.83. The van der Waals surface area contributed by atoms with Crippen LogP contribution in [0.1, 0.15) is 11.1 Å². The number of hydrogen-bond acceptors (Lipinski definition) is 2. The maximum absolute atomic E-state index is 14.0. The van der Waals surface area contributed by atoms with Crippen LogP contribution in [0.25, 0.3) is 10.9 Å². The zero-order valence-electron chi connectivity index (χ0n) is 15.2. The van der Waals surface area contributed by atoms with Gasteiger partial charge in [0.15, 0.2) is 11.6 Å². The molecule has 2 N–H and O–H groups in total. The Morgan fingerprint density at radius 2 is 1.79 bits per heavy atom. The predicted octanol–water partition coefficient (Wildman–Crippen LogP) is 5.57. The number of aromatic nitrogens is 1. The number of nitrogens with one attached hydrogen (secondary N) is 2. The lowest BCUT2D eigenvalue weighted by Gasteiger charge is -2.10. The first-order valence-corrected chi connectivity index (χ1v) is 9.16. The average molecular weight is 378 g/mol. The topological polar surface area (TPSA) is 37.0 Å². The second-order valence-corrected chi connectivity index (χ2v) is 6.61. The highest BCUT2D eigenvalue weighted by Gasteiger charge is 2.07. The van der Waals surface area contributed by atoms with Crippen molar-refractivity contribution in [1.82, 2.24) is 10.3 Å². The third kappa shape index (κ3) is 4.21. The Kier molecular flexibility index (Phi) is 5.35. The Balaban J connectivity index is 1.35. The summed E-state index contributed by atoms with van der Waals surface area (Å²) in [6, 6.07) is 18.8. The molecule has 5 heteroatoms. The normalized spacial score (nSPS) is 11.1. The van der Waals surface area contributed by atoms with Gasteiger partial charge in [0, 0.05) is 23.6 Å². The van der Waals surface area contributed by atoms with E-state index in [-0.39, 0.29) is 11.6 Å². The Morgan fingerprint density at radius 3 is 2.64 bits per heavy atom. The lowest BCUT2D eigenvalue weighted by atomic mass is 10.1. The number of benzene rings is 3. The molecule has 0 fully saturated rings. The monoisotopic (exact) mass is 378 g/mol. The number of halogens is 2. The Labute approximate surface area is 162 Å². The fraction of sp³-hybridized carbons (Fsp3) is 0.130. The first-order chi connectivity index (χ1) is 13.7. The molecule has 3 nitrogen and oxygen atoms in total. The minimum Gasteiger partial charge on any atom is -0.454 e. The molecule has 0 amide bonds. The number of H-pyrrole nitrogens is 1. The summed E-state index contributed by atoms with van der Waals surface area (Å²) in [4.78, 5) is 3.10. The van der Waals surface area contributed by atoms with Gasteiger partial charge in [0.25, 0.3) is 0 Å². The molecular formula is C23H20F2N2O. The molecule has 0 radical (unpaired) electrons. The Morgan fingerprint density at radius 1 is 0.929 bits per heavy atom. The van der Waals surface area contributed by atoms with Gasteiger partial charge in [0.05, 0.1) is 0 Å². The van der Waals surface area contributed by atoms with Crippen molar-refractivity contribution in [2.75, 3.05) is 6.54 Å². The minimum absolute atomic E-state index is 0.212. The molecule has 0 aliphatic heterocycles. The molecule has 0 spiro atoms. The Bertz CT molecular complexity index is 1080. The smallest absolute Gasteiger partial charge is 0.165 e. The lowest BCUT2D eigenvalue weighted by molar-refractivity contribution is 0.441. The van der Waals surface area contributed by atoms with Gasteiger partial charge in [-0.3, -0.25) is 0 Å². The molecule has 0 bridgehead atoms. The highest BCUT2D eigenvalue weighted by atomic mass is 19.1. The van der Waals surface area contributed by atoms with Crippen molar-refractivity contribution in [3.05, 3.63) is 95.7 Å². The van der Waals surface area contributed by atoms with Crippen molar-refractivity contribution >= 4 is 10.9 Å². The average Bonchev–Trinajstić information content (AvgIpc) is 3.10. The van der Waals surface area contributed by atoms with E-state index in [1.165, 1.54) is 18.2 Å². The molecule has 4 aromatic rings. The molecule has 0 saturated heterocycles. The van der Waals surface area contributed by atoms with E-state index in [2.05, 4.69) is 10.3 Å². The fourth-order valence-electron chi connectivity index (χ4n) is 3.17. The van der Waals surface area contributed by atoms with E-state index >= 15 is 0 Å². The van der Waals surface area contributed by atoms with Gasteiger partial charge < -0.3 is 15.0 Å². The first-order valence-electron chi connectivity index (χ1n) is 9.16. The zero-order valence-corrected chi connectivity index (χ0v) is 15.2. The third-order valence-electron chi connectivity index (χ3n) is 4.60. The first kappa shape index (κ1) is 18.2. The van der Waals surface area contributed by atoms with Gasteiger partial charge in [-0.2, -0.15) is 0 Å². The van der Waals surface area contributed by atoms with E-state index in [1.807, 2.05) is 24.4 Å². The van der Waals surface area contributed by atoms with Gasteiger partial charge in [-0.15, -0.1) is 0 Å². The summed E-state index contributed by atoms with van der Waals surface area (Å²) in [5.41, 5.74) is 2.87. The van der Waals surface area contributed by atoms with Crippen LogP contribution in [0, 0.1) is 11.6 Å². The minimum atomic E-state index is -0.390. The van der Waals surface area contributed by atoms with Crippen molar-refractivity contribution in [1.29, 1.82) is 0 Å². The molecular weight excluding hydrogens is 358 g/mol. The maximum atomic E-state index is 14.0. The van der Waals surface area contributed by atoms with Crippen molar-refractivity contribution in [3.8, 4) is 11.5 Å². The van der Waals surface area contributed by atoms with Crippen molar-refractivity contribution in [3.63, 3.8) is 0 Å². The number of ether oxygens (including phenoxy) is 1. The zero-order chi connectivity index (χ0) is 19.3. The van der Waals surface area contributed by atoms with E-state index in [1.54, 1.807) is 30.3 Å². The largest absolute Gasteiger partial charge is 0.454 e. The molecule has 0 aliphatic rings. The van der Waals surface area contributed by atoms with E-state index in [9.17, 15) is 8.78 Å². The van der Waals surface area contributed by atoms with Crippen LogP contribution in [0.15, 0.2) is 72.9 Å². The second-order valence-electron chi connectivity index (χ2n) is 6.61. The van der Waals surface area contributed by atoms with E-state index in [0.29, 0.717) is 12.3 Å². The van der Waals surface area contributed by atoms with Crippen LogP contribution in [0.2, 0.25) is 0 Å². The molecule has 3 aromatic carbocycles. The summed E-state index contributed by atoms with van der Waals surface area (Å²) < 4.78 is 32.9. The summed E-state index contributed by atoms with van der Waals surface area (Å²) in [6.45, 7) is 1.35. The van der Waals surface area contributed by atoms with Crippen molar-refractivity contribution in [2.45, 2.75) is 13.0 Å². The Hall–Kier alpha value is -3.18. The summed E-state index contributed by atoms with van der Waals surface area (Å²) in [6.07, 6.45) is 2.72. The molecule has 4 rings (SSSR count). The van der Waals surface area contributed by atoms with Crippen molar-refractivity contribution in [2.24, 2.45) is 0 Å². The number of aromatic amines is 1. The molecule has 28 heavy (non-hydrogen) atoms. The molecule has 0 atom stereocenters. The third-order valence-corrected chi connectivity index (χ3v) is 4.60. The van der Waals surface area contributed by atoms with Crippen LogP contribution in [0.5, 0.6) is 11.5 Å². The standard InChI is InChI=1S/C23H20F2N2O/c24-18-7-8-20-17(15-27-22(20)13-18)10-11-26-14-16-6-9-21(25)23(12-16)28-19-4-2-1-3-5-19/h1-9,12-13,15,26-27H,10-11,14H2. The summed E-state index contributed by atoms with van der Waals surface area (Å²) in [5, 5.41) is 4.39. The predicted molar refractivity (Wildman–Crippen MR) is 107 cm³/mol. The van der Waals surface area contributed by atoms with Gasteiger partial charge in [-0.1, -0.05) is 24.3 Å². The number of para-hydroxylation sites is 1. The molecule has 0 aliphatic carbocycles. The second kappa shape index (κ2) is 8.23. The van der Waals surface area contributed by atoms with Gasteiger partial charge >= 0.3 is 0 Å². The SMILES string of the molecule is Fc1ccc2c(CCNCc3ccc(F)c(Oc4ccccc4)c3)c[nH]c2c1. The number of fused-ring (bicyclic) bond motifs is 1. The number of hydrogen-bond donors (Lipinski definition) is 2. The van der Waals surface area contributed by atoms with E-state index < -0.39 is 5.82 Å². The molecule has 142 valence electrons. The summed E-state index contributed by atoms with van der Waals surface area (Å²) in [7, 11) is 0. The van der Waals surface area contributed by atoms with E-state index in [4.69, 9.17) is 4.74 Å². The summed E-state index contributed by atoms with van der Waals surface area (Å²) in [5.74, 6) is 0.175. The van der Waals surface area contributed by atoms with Gasteiger partial charge in [0.2, 0.25) is 0 Å². The van der Waals surface area contributed by atoms with Crippen LogP contribution in [0.3, 0.4) is 0 Å². The summed E-state index contributed by atoms with van der Waals surface area (Å²) >= 11 is 0. The van der Waals surface area contributed by atoms with Crippen LogP contribution in [0.4, 0.5) is 8.78 Å². The molecule has 0 unspecified atom stereocenters. The van der Waals surface area contributed by atoms with Gasteiger partial charge in [0.1, 0.15) is 11.6 Å². The number of rotatable bonds is 7. The molecule has 1 aromatic heterocycles. The van der Waals surface area contributed by atoms with E-state index in [0.717, 1.165) is 35.0 Å². The van der Waals surface area contributed by atoms with Crippen LogP contribution < -0.4 is 10.1 Å². The molecule has 0 saturated carbocycles. The van der Waals surface area contributed by atoms with Crippen LogP contribution >= 0.6 is 0 Å². The van der Waals surface area contributed by atoms with Gasteiger partial charge in [-0.05, 0) is 66.6 Å². The van der Waals surface area contributed by atoms with Crippen molar-refractivity contribution < 1.29 is 13.5 Å². The van der Waals surface area contributed by atoms with Gasteiger partial charge in [-0.25, -0.2) is 8.78 Å². The van der Waals surface area contributed by atoms with Crippen LogP contribution in [-0.4, -0.2) is 11.5 Å². The lowest BCUT2D eigenvalue weighted by Crippen LogP contribution is -2.16.